The summed E-state index contributed by atoms with van der Waals surface area (Å²) in [6.45, 7) is -0.0944. The molecule has 0 radical (unpaired) electrons. The first kappa shape index (κ1) is 16.0. The lowest BCUT2D eigenvalue weighted by molar-refractivity contribution is -0.125. The van der Waals surface area contributed by atoms with E-state index in [4.69, 9.17) is 0 Å². The average molecular weight is 396 g/mol. The fourth-order valence-electron chi connectivity index (χ4n) is 3.15. The molecule has 0 spiro atoms. The number of halogens is 1. The van der Waals surface area contributed by atoms with Crippen LogP contribution in [0.25, 0.3) is 10.8 Å². The number of hydrogen-bond acceptors (Lipinski definition) is 3. The molecule has 0 saturated heterocycles. The molecule has 0 bridgehead atoms. The third kappa shape index (κ3) is 2.75. The fraction of sp³-hybridized carbons (Fsp3) is 0.100. The van der Waals surface area contributed by atoms with Crippen molar-refractivity contribution >= 4 is 44.1 Å². The van der Waals surface area contributed by atoms with Crippen molar-refractivity contribution in [2.75, 3.05) is 11.4 Å². The molecule has 1 N–H and O–H groups in total. The molecular weight excluding hydrogens is 382 g/mol. The Hall–Kier alpha value is -2.50. The second-order valence-corrected chi connectivity index (χ2v) is 6.93. The van der Waals surface area contributed by atoms with E-state index in [1.54, 1.807) is 24.3 Å². The first-order valence-corrected chi connectivity index (χ1v) is 8.65. The maximum Gasteiger partial charge on any atom is 0.260 e. The van der Waals surface area contributed by atoms with E-state index in [1.165, 1.54) is 4.90 Å². The van der Waals surface area contributed by atoms with Crippen LogP contribution >= 0.6 is 15.9 Å². The molecule has 0 aromatic heterocycles. The van der Waals surface area contributed by atoms with Gasteiger partial charge in [-0.15, -0.1) is 0 Å². The number of benzene rings is 3. The van der Waals surface area contributed by atoms with Gasteiger partial charge < -0.3 is 10.0 Å². The Bertz CT molecular complexity index is 1010. The van der Waals surface area contributed by atoms with Crippen molar-refractivity contribution in [3.05, 3.63) is 76.3 Å². The fourth-order valence-corrected chi connectivity index (χ4v) is 3.53. The zero-order valence-electron chi connectivity index (χ0n) is 13.1. The van der Waals surface area contributed by atoms with Crippen molar-refractivity contribution in [3.8, 4) is 0 Å². The Morgan fingerprint density at radius 3 is 2.60 bits per heavy atom. The highest BCUT2D eigenvalue weighted by Crippen LogP contribution is 2.37. The SMILES string of the molecule is O=C(CN1C(=O)C(O)c2cc(Br)ccc21)c1ccc2ccccc2c1. The lowest BCUT2D eigenvalue weighted by Crippen LogP contribution is -2.33. The molecule has 0 saturated carbocycles. The number of fused-ring (bicyclic) bond motifs is 2. The van der Waals surface area contributed by atoms with Gasteiger partial charge in [0.2, 0.25) is 0 Å². The van der Waals surface area contributed by atoms with Gasteiger partial charge in [-0.25, -0.2) is 0 Å². The predicted molar refractivity (Wildman–Crippen MR) is 99.7 cm³/mol. The summed E-state index contributed by atoms with van der Waals surface area (Å²) >= 11 is 3.33. The standard InChI is InChI=1S/C20H14BrNO3/c21-15-7-8-17-16(10-15)19(24)20(25)22(17)11-18(23)14-6-5-12-3-1-2-4-13(12)9-14/h1-10,19,24H,11H2. The number of nitrogens with zero attached hydrogens (tertiary/aromatic N) is 1. The van der Waals surface area contributed by atoms with Crippen LogP contribution in [0.3, 0.4) is 0 Å². The van der Waals surface area contributed by atoms with E-state index in [1.807, 2.05) is 36.4 Å². The largest absolute Gasteiger partial charge is 0.378 e. The van der Waals surface area contributed by atoms with E-state index in [-0.39, 0.29) is 12.3 Å². The van der Waals surface area contributed by atoms with Crippen molar-refractivity contribution in [1.82, 2.24) is 0 Å². The van der Waals surface area contributed by atoms with Crippen LogP contribution < -0.4 is 4.90 Å². The van der Waals surface area contributed by atoms with Crippen molar-refractivity contribution in [2.45, 2.75) is 6.10 Å². The van der Waals surface area contributed by atoms with Gasteiger partial charge in [0.25, 0.3) is 5.91 Å². The van der Waals surface area contributed by atoms with Gasteiger partial charge in [0.1, 0.15) is 0 Å². The van der Waals surface area contributed by atoms with Gasteiger partial charge in [0, 0.05) is 15.6 Å². The van der Waals surface area contributed by atoms with Gasteiger partial charge in [-0.2, -0.15) is 0 Å². The molecule has 1 unspecified atom stereocenters. The molecule has 4 nitrogen and oxygen atoms in total. The summed E-state index contributed by atoms with van der Waals surface area (Å²) in [5.74, 6) is -0.635. The van der Waals surface area contributed by atoms with Gasteiger partial charge >= 0.3 is 0 Å². The molecule has 25 heavy (non-hydrogen) atoms. The van der Waals surface area contributed by atoms with Gasteiger partial charge in [0.15, 0.2) is 11.9 Å². The van der Waals surface area contributed by atoms with E-state index in [9.17, 15) is 14.7 Å². The van der Waals surface area contributed by atoms with Crippen LogP contribution in [0.4, 0.5) is 5.69 Å². The molecule has 3 aromatic rings. The minimum Gasteiger partial charge on any atom is -0.378 e. The second-order valence-electron chi connectivity index (χ2n) is 6.02. The third-order valence-corrected chi connectivity index (χ3v) is 4.94. The van der Waals surface area contributed by atoms with Crippen LogP contribution in [0.5, 0.6) is 0 Å². The maximum absolute atomic E-state index is 12.7. The van der Waals surface area contributed by atoms with E-state index in [2.05, 4.69) is 15.9 Å². The zero-order valence-corrected chi connectivity index (χ0v) is 14.7. The number of Topliss-reactive ketones (excluding diaryl/α,β-unsaturated/α-hetero) is 1. The molecule has 1 heterocycles. The Morgan fingerprint density at radius 1 is 1.04 bits per heavy atom. The van der Waals surface area contributed by atoms with Crippen LogP contribution in [0, 0.1) is 0 Å². The van der Waals surface area contributed by atoms with Crippen LogP contribution in [-0.2, 0) is 4.79 Å². The van der Waals surface area contributed by atoms with E-state index in [0.717, 1.165) is 15.2 Å². The number of aliphatic hydroxyl groups excluding tert-OH is 1. The van der Waals surface area contributed by atoms with Crippen LogP contribution in [0.1, 0.15) is 22.0 Å². The molecule has 1 amide bonds. The molecule has 124 valence electrons. The number of rotatable bonds is 3. The van der Waals surface area contributed by atoms with E-state index in [0.29, 0.717) is 16.8 Å². The summed E-state index contributed by atoms with van der Waals surface area (Å²) in [6.07, 6.45) is -1.23. The number of carbonyl (C=O) groups is 2. The summed E-state index contributed by atoms with van der Waals surface area (Å²) < 4.78 is 0.779. The molecule has 1 aliphatic heterocycles. The van der Waals surface area contributed by atoms with Gasteiger partial charge in [-0.3, -0.25) is 9.59 Å². The molecule has 0 aliphatic carbocycles. The second kappa shape index (κ2) is 6.10. The number of aliphatic hydroxyl groups is 1. The maximum atomic E-state index is 12.7. The van der Waals surface area contributed by atoms with Crippen molar-refractivity contribution in [3.63, 3.8) is 0 Å². The highest BCUT2D eigenvalue weighted by atomic mass is 79.9. The van der Waals surface area contributed by atoms with Crippen LogP contribution in [0.15, 0.2) is 65.1 Å². The lowest BCUT2D eigenvalue weighted by Gasteiger charge is -2.16. The Kier molecular flexibility index (Phi) is 3.90. The van der Waals surface area contributed by atoms with Crippen LogP contribution in [-0.4, -0.2) is 23.3 Å². The highest BCUT2D eigenvalue weighted by Gasteiger charge is 2.37. The molecule has 4 rings (SSSR count). The number of anilines is 1. The Morgan fingerprint density at radius 2 is 1.80 bits per heavy atom. The Labute approximate surface area is 152 Å². The topological polar surface area (TPSA) is 57.6 Å². The smallest absolute Gasteiger partial charge is 0.260 e. The highest BCUT2D eigenvalue weighted by molar-refractivity contribution is 9.10. The summed E-state index contributed by atoms with van der Waals surface area (Å²) in [5, 5.41) is 12.2. The Balaban J connectivity index is 1.65. The summed E-state index contributed by atoms with van der Waals surface area (Å²) in [4.78, 5) is 26.4. The summed E-state index contributed by atoms with van der Waals surface area (Å²) in [6, 6.07) is 18.5. The number of hydrogen-bond donors (Lipinski definition) is 1. The lowest BCUT2D eigenvalue weighted by atomic mass is 10.0. The molecule has 1 aliphatic rings. The number of amides is 1. The van der Waals surface area contributed by atoms with Crippen molar-refractivity contribution < 1.29 is 14.7 Å². The molecule has 3 aromatic carbocycles. The first-order chi connectivity index (χ1) is 12.0. The summed E-state index contributed by atoms with van der Waals surface area (Å²) in [7, 11) is 0. The third-order valence-electron chi connectivity index (χ3n) is 4.45. The monoisotopic (exact) mass is 395 g/mol. The van der Waals surface area contributed by atoms with Gasteiger partial charge in [-0.05, 0) is 35.0 Å². The number of ketones is 1. The van der Waals surface area contributed by atoms with Gasteiger partial charge in [0.05, 0.1) is 12.2 Å². The summed E-state index contributed by atoms with van der Waals surface area (Å²) in [5.41, 5.74) is 1.65. The molecular formula is C20H14BrNO3. The van der Waals surface area contributed by atoms with Crippen molar-refractivity contribution in [1.29, 1.82) is 0 Å². The van der Waals surface area contributed by atoms with E-state index >= 15 is 0 Å². The quantitative estimate of drug-likeness (QED) is 0.684. The van der Waals surface area contributed by atoms with Crippen LogP contribution in [0.2, 0.25) is 0 Å². The normalized spacial score (nSPS) is 16.3. The molecule has 5 heteroatoms. The zero-order chi connectivity index (χ0) is 17.6. The van der Waals surface area contributed by atoms with E-state index < -0.39 is 12.0 Å². The average Bonchev–Trinajstić information content (AvgIpc) is 2.86. The van der Waals surface area contributed by atoms with Crippen molar-refractivity contribution in [2.24, 2.45) is 0 Å². The first-order valence-electron chi connectivity index (χ1n) is 7.85. The predicted octanol–water partition coefficient (Wildman–Crippen LogP) is 3.87. The minimum atomic E-state index is -1.23. The van der Waals surface area contributed by atoms with Gasteiger partial charge in [-0.1, -0.05) is 52.3 Å². The molecule has 1 atom stereocenters. The number of carbonyl (C=O) groups excluding carboxylic acids is 2. The minimum absolute atomic E-state index is 0.0944. The molecule has 0 fully saturated rings.